The van der Waals surface area contributed by atoms with Gasteiger partial charge in [0.15, 0.2) is 0 Å². The Labute approximate surface area is 95.1 Å². The van der Waals surface area contributed by atoms with Gasteiger partial charge in [-0.1, -0.05) is 19.1 Å². The van der Waals surface area contributed by atoms with Crippen LogP contribution in [0.5, 0.6) is 5.75 Å². The molecule has 0 radical (unpaired) electrons. The molecule has 2 N–H and O–H groups in total. The third kappa shape index (κ3) is 2.89. The van der Waals surface area contributed by atoms with E-state index in [-0.39, 0.29) is 0 Å². The predicted octanol–water partition coefficient (Wildman–Crippen LogP) is 2.38. The van der Waals surface area contributed by atoms with Gasteiger partial charge >= 0.3 is 0 Å². The standard InChI is InChI=1S/C12H17NOS/c1-9-12(6-7-15-9)13-8-10-2-4-11(14)5-3-10/h2-5,9,12-14H,6-8H2,1H3. The van der Waals surface area contributed by atoms with Crippen molar-refractivity contribution in [1.82, 2.24) is 5.32 Å². The molecule has 0 amide bonds. The topological polar surface area (TPSA) is 32.3 Å². The summed E-state index contributed by atoms with van der Waals surface area (Å²) < 4.78 is 0. The van der Waals surface area contributed by atoms with Crippen molar-refractivity contribution >= 4 is 11.8 Å². The lowest BCUT2D eigenvalue weighted by molar-refractivity contribution is 0.474. The van der Waals surface area contributed by atoms with Crippen LogP contribution in [0.1, 0.15) is 18.9 Å². The van der Waals surface area contributed by atoms with E-state index in [4.69, 9.17) is 5.11 Å². The van der Waals surface area contributed by atoms with E-state index in [2.05, 4.69) is 12.2 Å². The molecule has 0 spiro atoms. The Morgan fingerprint density at radius 1 is 1.40 bits per heavy atom. The minimum atomic E-state index is 0.337. The van der Waals surface area contributed by atoms with Crippen LogP contribution in [-0.2, 0) is 6.54 Å². The molecule has 2 atom stereocenters. The van der Waals surface area contributed by atoms with Crippen molar-refractivity contribution < 1.29 is 5.11 Å². The highest BCUT2D eigenvalue weighted by Gasteiger charge is 2.22. The summed E-state index contributed by atoms with van der Waals surface area (Å²) in [4.78, 5) is 0. The highest BCUT2D eigenvalue weighted by atomic mass is 32.2. The van der Waals surface area contributed by atoms with Gasteiger partial charge in [-0.05, 0) is 29.9 Å². The maximum absolute atomic E-state index is 9.15. The summed E-state index contributed by atoms with van der Waals surface area (Å²) in [6, 6.07) is 8.06. The lowest BCUT2D eigenvalue weighted by Crippen LogP contribution is -2.32. The minimum Gasteiger partial charge on any atom is -0.508 e. The van der Waals surface area contributed by atoms with E-state index in [9.17, 15) is 0 Å². The Hall–Kier alpha value is -0.670. The van der Waals surface area contributed by atoms with Crippen molar-refractivity contribution in [1.29, 1.82) is 0 Å². The molecular weight excluding hydrogens is 206 g/mol. The zero-order chi connectivity index (χ0) is 10.7. The Kier molecular flexibility index (Phi) is 3.54. The average Bonchev–Trinajstić information content (AvgIpc) is 2.63. The summed E-state index contributed by atoms with van der Waals surface area (Å²) in [7, 11) is 0. The maximum Gasteiger partial charge on any atom is 0.115 e. The fourth-order valence-electron chi connectivity index (χ4n) is 1.86. The number of hydrogen-bond acceptors (Lipinski definition) is 3. The van der Waals surface area contributed by atoms with Crippen molar-refractivity contribution in [2.75, 3.05) is 5.75 Å². The van der Waals surface area contributed by atoms with Crippen molar-refractivity contribution in [2.45, 2.75) is 31.2 Å². The number of aromatic hydroxyl groups is 1. The van der Waals surface area contributed by atoms with Gasteiger partial charge in [0, 0.05) is 17.8 Å². The zero-order valence-electron chi connectivity index (χ0n) is 8.94. The second-order valence-corrected chi connectivity index (χ2v) is 5.50. The molecule has 15 heavy (non-hydrogen) atoms. The number of nitrogens with one attached hydrogen (secondary N) is 1. The van der Waals surface area contributed by atoms with Gasteiger partial charge in [0.25, 0.3) is 0 Å². The highest BCUT2D eigenvalue weighted by molar-refractivity contribution is 8.00. The van der Waals surface area contributed by atoms with E-state index in [0.29, 0.717) is 11.8 Å². The van der Waals surface area contributed by atoms with Crippen molar-refractivity contribution in [2.24, 2.45) is 0 Å². The molecule has 1 aliphatic rings. The van der Waals surface area contributed by atoms with Crippen molar-refractivity contribution in [3.63, 3.8) is 0 Å². The molecule has 2 rings (SSSR count). The molecule has 82 valence electrons. The van der Waals surface area contributed by atoms with Crippen molar-refractivity contribution in [3.8, 4) is 5.75 Å². The minimum absolute atomic E-state index is 0.337. The van der Waals surface area contributed by atoms with Crippen LogP contribution < -0.4 is 5.32 Å². The molecule has 1 aromatic carbocycles. The molecule has 1 heterocycles. The SMILES string of the molecule is CC1SCCC1NCc1ccc(O)cc1. The fraction of sp³-hybridized carbons (Fsp3) is 0.500. The Bertz CT molecular complexity index is 312. The summed E-state index contributed by atoms with van der Waals surface area (Å²) in [5.41, 5.74) is 1.23. The lowest BCUT2D eigenvalue weighted by atomic mass is 10.1. The summed E-state index contributed by atoms with van der Waals surface area (Å²) in [6.45, 7) is 3.18. The highest BCUT2D eigenvalue weighted by Crippen LogP contribution is 2.26. The first-order valence-corrected chi connectivity index (χ1v) is 6.43. The molecule has 0 saturated carbocycles. The molecule has 1 saturated heterocycles. The third-order valence-corrected chi connectivity index (χ3v) is 4.21. The van der Waals surface area contributed by atoms with E-state index >= 15 is 0 Å². The van der Waals surface area contributed by atoms with Gasteiger partial charge in [-0.2, -0.15) is 11.8 Å². The number of phenols is 1. The van der Waals surface area contributed by atoms with Gasteiger partial charge in [-0.25, -0.2) is 0 Å². The number of benzene rings is 1. The lowest BCUT2D eigenvalue weighted by Gasteiger charge is -2.16. The molecule has 0 bridgehead atoms. The van der Waals surface area contributed by atoms with Gasteiger partial charge in [-0.3, -0.25) is 0 Å². The summed E-state index contributed by atoms with van der Waals surface area (Å²) >= 11 is 2.04. The number of rotatable bonds is 3. The second kappa shape index (κ2) is 4.90. The third-order valence-electron chi connectivity index (χ3n) is 2.88. The Morgan fingerprint density at radius 2 is 2.13 bits per heavy atom. The van der Waals surface area contributed by atoms with Crippen LogP contribution in [-0.4, -0.2) is 22.2 Å². The monoisotopic (exact) mass is 223 g/mol. The summed E-state index contributed by atoms with van der Waals surface area (Å²) in [5.74, 6) is 1.61. The van der Waals surface area contributed by atoms with E-state index in [1.54, 1.807) is 12.1 Å². The zero-order valence-corrected chi connectivity index (χ0v) is 9.76. The van der Waals surface area contributed by atoms with Gasteiger partial charge < -0.3 is 10.4 Å². The molecule has 0 aromatic heterocycles. The van der Waals surface area contributed by atoms with Gasteiger partial charge in [-0.15, -0.1) is 0 Å². The number of thioether (sulfide) groups is 1. The first-order chi connectivity index (χ1) is 7.25. The van der Waals surface area contributed by atoms with Gasteiger partial charge in [0.2, 0.25) is 0 Å². The van der Waals surface area contributed by atoms with Crippen LogP contribution in [0.2, 0.25) is 0 Å². The van der Waals surface area contributed by atoms with Gasteiger partial charge in [0.1, 0.15) is 5.75 Å². The van der Waals surface area contributed by atoms with Crippen molar-refractivity contribution in [3.05, 3.63) is 29.8 Å². The van der Waals surface area contributed by atoms with Crippen LogP contribution >= 0.6 is 11.8 Å². The summed E-state index contributed by atoms with van der Waals surface area (Å²) in [6.07, 6.45) is 1.27. The quantitative estimate of drug-likeness (QED) is 0.825. The molecule has 1 aliphatic heterocycles. The molecular formula is C12H17NOS. The Morgan fingerprint density at radius 3 is 2.73 bits per heavy atom. The van der Waals surface area contributed by atoms with Crippen LogP contribution in [0.4, 0.5) is 0 Å². The number of phenolic OH excluding ortho intramolecular Hbond substituents is 1. The normalized spacial score (nSPS) is 25.7. The largest absolute Gasteiger partial charge is 0.508 e. The van der Waals surface area contributed by atoms with E-state index < -0.39 is 0 Å². The number of hydrogen-bond donors (Lipinski definition) is 2. The maximum atomic E-state index is 9.15. The molecule has 2 unspecified atom stereocenters. The fourth-order valence-corrected chi connectivity index (χ4v) is 3.09. The molecule has 0 aliphatic carbocycles. The summed E-state index contributed by atoms with van der Waals surface area (Å²) in [5, 5.41) is 13.4. The molecule has 2 nitrogen and oxygen atoms in total. The average molecular weight is 223 g/mol. The van der Waals surface area contributed by atoms with Gasteiger partial charge in [0.05, 0.1) is 0 Å². The van der Waals surface area contributed by atoms with E-state index in [1.807, 2.05) is 23.9 Å². The van der Waals surface area contributed by atoms with E-state index in [0.717, 1.165) is 11.8 Å². The van der Waals surface area contributed by atoms with Crippen LogP contribution in [0.3, 0.4) is 0 Å². The first-order valence-electron chi connectivity index (χ1n) is 5.38. The molecule has 1 fully saturated rings. The van der Waals surface area contributed by atoms with Crippen LogP contribution in [0, 0.1) is 0 Å². The van der Waals surface area contributed by atoms with Crippen LogP contribution in [0.25, 0.3) is 0 Å². The van der Waals surface area contributed by atoms with Crippen LogP contribution in [0.15, 0.2) is 24.3 Å². The smallest absolute Gasteiger partial charge is 0.115 e. The van der Waals surface area contributed by atoms with E-state index in [1.165, 1.54) is 17.7 Å². The first kappa shape index (κ1) is 10.8. The molecule has 3 heteroatoms. The second-order valence-electron chi connectivity index (χ2n) is 4.02. The Balaban J connectivity index is 1.85. The predicted molar refractivity (Wildman–Crippen MR) is 65.3 cm³/mol. The molecule has 1 aromatic rings.